The van der Waals surface area contributed by atoms with Crippen LogP contribution >= 0.6 is 34.4 Å². The summed E-state index contributed by atoms with van der Waals surface area (Å²) in [6.07, 6.45) is 0.274. The number of nitrogens with one attached hydrogen (secondary N) is 1. The van der Waals surface area contributed by atoms with Crippen molar-refractivity contribution >= 4 is 51.9 Å². The first-order chi connectivity index (χ1) is 11.1. The van der Waals surface area contributed by atoms with Crippen LogP contribution in [0.5, 0.6) is 0 Å². The van der Waals surface area contributed by atoms with Crippen LogP contribution in [0.2, 0.25) is 0 Å². The Labute approximate surface area is 153 Å². The van der Waals surface area contributed by atoms with Gasteiger partial charge in [0.15, 0.2) is 6.61 Å². The van der Waals surface area contributed by atoms with Crippen LogP contribution in [-0.2, 0) is 14.3 Å². The lowest BCUT2D eigenvalue weighted by atomic mass is 10.3. The van der Waals surface area contributed by atoms with Crippen LogP contribution in [0.3, 0.4) is 0 Å². The molecule has 0 aliphatic carbocycles. The second-order valence-corrected chi connectivity index (χ2v) is 6.93. The number of benzene rings is 2. The summed E-state index contributed by atoms with van der Waals surface area (Å²) in [6, 6.07) is 17.3. The number of hydrogen-bond acceptors (Lipinski definition) is 4. The maximum atomic E-state index is 11.8. The third-order valence-corrected chi connectivity index (χ3v) is 4.78. The van der Waals surface area contributed by atoms with Crippen LogP contribution in [0.1, 0.15) is 6.42 Å². The molecule has 2 aromatic rings. The van der Waals surface area contributed by atoms with Crippen molar-refractivity contribution < 1.29 is 14.3 Å². The Morgan fingerprint density at radius 3 is 2.48 bits per heavy atom. The smallest absolute Gasteiger partial charge is 0.307 e. The highest BCUT2D eigenvalue weighted by molar-refractivity contribution is 14.1. The summed E-state index contributed by atoms with van der Waals surface area (Å²) >= 11 is 3.72. The summed E-state index contributed by atoms with van der Waals surface area (Å²) < 4.78 is 5.92. The SMILES string of the molecule is O=C(COC(=O)CCSc1ccccc1)Nc1ccccc1I. The molecule has 0 aromatic heterocycles. The lowest BCUT2D eigenvalue weighted by molar-refractivity contribution is -0.146. The van der Waals surface area contributed by atoms with Crippen LogP contribution in [0, 0.1) is 3.57 Å². The Bertz CT molecular complexity index is 664. The second-order valence-electron chi connectivity index (χ2n) is 4.60. The van der Waals surface area contributed by atoms with Crippen LogP contribution in [0.4, 0.5) is 5.69 Å². The maximum Gasteiger partial charge on any atom is 0.307 e. The summed E-state index contributed by atoms with van der Waals surface area (Å²) in [5.41, 5.74) is 0.716. The van der Waals surface area contributed by atoms with Crippen molar-refractivity contribution in [3.05, 3.63) is 58.2 Å². The van der Waals surface area contributed by atoms with Gasteiger partial charge in [-0.3, -0.25) is 9.59 Å². The number of carbonyl (C=O) groups is 2. The molecule has 1 amide bonds. The molecule has 2 aromatic carbocycles. The van der Waals surface area contributed by atoms with Crippen molar-refractivity contribution in [3.8, 4) is 0 Å². The number of ether oxygens (including phenoxy) is 1. The van der Waals surface area contributed by atoms with Crippen LogP contribution < -0.4 is 5.32 Å². The van der Waals surface area contributed by atoms with E-state index in [4.69, 9.17) is 4.74 Å². The minimum Gasteiger partial charge on any atom is -0.456 e. The summed E-state index contributed by atoms with van der Waals surface area (Å²) in [5.74, 6) is -0.0781. The molecule has 23 heavy (non-hydrogen) atoms. The summed E-state index contributed by atoms with van der Waals surface area (Å²) in [5, 5.41) is 2.72. The third-order valence-electron chi connectivity index (χ3n) is 2.83. The van der Waals surface area contributed by atoms with E-state index in [2.05, 4.69) is 27.9 Å². The molecule has 0 unspecified atom stereocenters. The van der Waals surface area contributed by atoms with E-state index in [0.29, 0.717) is 11.4 Å². The zero-order chi connectivity index (χ0) is 16.5. The largest absolute Gasteiger partial charge is 0.456 e. The van der Waals surface area contributed by atoms with E-state index in [0.717, 1.165) is 8.47 Å². The lowest BCUT2D eigenvalue weighted by Crippen LogP contribution is -2.21. The molecule has 0 saturated carbocycles. The average molecular weight is 441 g/mol. The number of esters is 1. The molecule has 0 aliphatic heterocycles. The van der Waals surface area contributed by atoms with Gasteiger partial charge in [0, 0.05) is 14.2 Å². The van der Waals surface area contributed by atoms with Crippen LogP contribution in [-0.4, -0.2) is 24.2 Å². The highest BCUT2D eigenvalue weighted by Crippen LogP contribution is 2.18. The van der Waals surface area contributed by atoms with Gasteiger partial charge in [0.05, 0.1) is 12.1 Å². The van der Waals surface area contributed by atoms with Gasteiger partial charge in [-0.25, -0.2) is 0 Å². The number of amides is 1. The van der Waals surface area contributed by atoms with Gasteiger partial charge in [-0.2, -0.15) is 0 Å². The molecule has 0 radical (unpaired) electrons. The standard InChI is InChI=1S/C17H16INO3S/c18-14-8-4-5-9-15(14)19-16(20)12-22-17(21)10-11-23-13-6-2-1-3-7-13/h1-9H,10-12H2,(H,19,20). The van der Waals surface area contributed by atoms with Gasteiger partial charge in [-0.15, -0.1) is 11.8 Å². The van der Waals surface area contributed by atoms with Gasteiger partial charge in [0.2, 0.25) is 0 Å². The number of carbonyl (C=O) groups excluding carboxylic acids is 2. The fourth-order valence-corrected chi connectivity index (χ4v) is 3.11. The average Bonchev–Trinajstić information content (AvgIpc) is 2.56. The zero-order valence-electron chi connectivity index (χ0n) is 12.3. The van der Waals surface area contributed by atoms with E-state index in [-0.39, 0.29) is 24.9 Å². The minimum atomic E-state index is -0.369. The number of halogens is 1. The maximum absolute atomic E-state index is 11.8. The predicted molar refractivity (Wildman–Crippen MR) is 101 cm³/mol. The van der Waals surface area contributed by atoms with Gasteiger partial charge in [-0.1, -0.05) is 30.3 Å². The van der Waals surface area contributed by atoms with Crippen LogP contribution in [0.25, 0.3) is 0 Å². The predicted octanol–water partition coefficient (Wildman–Crippen LogP) is 3.96. The molecule has 0 saturated heterocycles. The van der Waals surface area contributed by atoms with E-state index in [1.54, 1.807) is 17.8 Å². The van der Waals surface area contributed by atoms with Gasteiger partial charge in [0.1, 0.15) is 0 Å². The number of para-hydroxylation sites is 1. The molecular formula is C17H16INO3S. The first kappa shape index (κ1) is 17.8. The van der Waals surface area contributed by atoms with E-state index in [1.807, 2.05) is 48.5 Å². The number of thioether (sulfide) groups is 1. The molecule has 4 nitrogen and oxygen atoms in total. The summed E-state index contributed by atoms with van der Waals surface area (Å²) in [7, 11) is 0. The van der Waals surface area contributed by atoms with Crippen molar-refractivity contribution in [2.24, 2.45) is 0 Å². The van der Waals surface area contributed by atoms with Crippen molar-refractivity contribution in [2.75, 3.05) is 17.7 Å². The topological polar surface area (TPSA) is 55.4 Å². The molecule has 0 fully saturated rings. The van der Waals surface area contributed by atoms with Gasteiger partial charge in [-0.05, 0) is 46.9 Å². The first-order valence-electron chi connectivity index (χ1n) is 7.03. The zero-order valence-corrected chi connectivity index (χ0v) is 15.3. The van der Waals surface area contributed by atoms with Crippen LogP contribution in [0.15, 0.2) is 59.5 Å². The monoisotopic (exact) mass is 441 g/mol. The number of anilines is 1. The van der Waals surface area contributed by atoms with Crippen molar-refractivity contribution in [1.29, 1.82) is 0 Å². The van der Waals surface area contributed by atoms with Crippen molar-refractivity contribution in [1.82, 2.24) is 0 Å². The Balaban J connectivity index is 1.66. The lowest BCUT2D eigenvalue weighted by Gasteiger charge is -2.08. The van der Waals surface area contributed by atoms with E-state index in [1.165, 1.54) is 0 Å². The van der Waals surface area contributed by atoms with Gasteiger partial charge in [0.25, 0.3) is 5.91 Å². The minimum absolute atomic E-state index is 0.264. The quantitative estimate of drug-likeness (QED) is 0.402. The fraction of sp³-hybridized carbons (Fsp3) is 0.176. The second kappa shape index (κ2) is 9.57. The van der Waals surface area contributed by atoms with E-state index < -0.39 is 0 Å². The third kappa shape index (κ3) is 6.62. The Hall–Kier alpha value is -1.54. The highest BCUT2D eigenvalue weighted by Gasteiger charge is 2.09. The Morgan fingerprint density at radius 2 is 1.74 bits per heavy atom. The molecular weight excluding hydrogens is 425 g/mol. The fourth-order valence-electron chi connectivity index (χ4n) is 1.74. The molecule has 0 atom stereocenters. The molecule has 0 aliphatic rings. The number of rotatable bonds is 7. The van der Waals surface area contributed by atoms with Gasteiger partial charge < -0.3 is 10.1 Å². The van der Waals surface area contributed by atoms with Gasteiger partial charge >= 0.3 is 5.97 Å². The molecule has 0 spiro atoms. The Morgan fingerprint density at radius 1 is 1.04 bits per heavy atom. The van der Waals surface area contributed by atoms with Crippen molar-refractivity contribution in [3.63, 3.8) is 0 Å². The van der Waals surface area contributed by atoms with Crippen molar-refractivity contribution in [2.45, 2.75) is 11.3 Å². The molecule has 0 bridgehead atoms. The molecule has 2 rings (SSSR count). The molecule has 1 N–H and O–H groups in total. The summed E-state index contributed by atoms with van der Waals surface area (Å²) in [4.78, 5) is 24.5. The molecule has 0 heterocycles. The highest BCUT2D eigenvalue weighted by atomic mass is 127. The number of hydrogen-bond donors (Lipinski definition) is 1. The molecule has 6 heteroatoms. The normalized spacial score (nSPS) is 10.1. The Kier molecular flexibility index (Phi) is 7.41. The summed E-state index contributed by atoms with van der Waals surface area (Å²) in [6.45, 7) is -0.264. The van der Waals surface area contributed by atoms with E-state index in [9.17, 15) is 9.59 Å². The van der Waals surface area contributed by atoms with E-state index >= 15 is 0 Å². The first-order valence-corrected chi connectivity index (χ1v) is 9.09. The molecule has 120 valence electrons.